The van der Waals surface area contributed by atoms with E-state index in [2.05, 4.69) is 15.5 Å². The molecule has 0 radical (unpaired) electrons. The van der Waals surface area contributed by atoms with Gasteiger partial charge in [0.05, 0.1) is 5.56 Å². The molecule has 2 aliphatic rings. The zero-order valence-electron chi connectivity index (χ0n) is 16.1. The van der Waals surface area contributed by atoms with Crippen LogP contribution in [0, 0.1) is 5.92 Å². The topological polar surface area (TPSA) is 61.4 Å². The first-order valence-corrected chi connectivity index (χ1v) is 10.2. The number of nitrogens with zero attached hydrogens (tertiary/aromatic N) is 1. The second-order valence-electron chi connectivity index (χ2n) is 7.73. The molecule has 2 aromatic carbocycles. The highest BCUT2D eigenvalue weighted by Gasteiger charge is 2.32. The Morgan fingerprint density at radius 2 is 1.57 bits per heavy atom. The van der Waals surface area contributed by atoms with E-state index in [9.17, 15) is 9.59 Å². The van der Waals surface area contributed by atoms with Gasteiger partial charge in [0.25, 0.3) is 5.91 Å². The number of benzene rings is 2. The van der Waals surface area contributed by atoms with E-state index in [-0.39, 0.29) is 23.8 Å². The molecule has 2 amide bonds. The summed E-state index contributed by atoms with van der Waals surface area (Å²) in [6.45, 7) is 2.21. The molecule has 5 heteroatoms. The molecule has 1 saturated carbocycles. The summed E-state index contributed by atoms with van der Waals surface area (Å²) in [6.07, 6.45) is 3.91. The van der Waals surface area contributed by atoms with Gasteiger partial charge in [-0.2, -0.15) is 0 Å². The molecule has 4 rings (SSSR count). The van der Waals surface area contributed by atoms with Gasteiger partial charge in [0.2, 0.25) is 5.91 Å². The van der Waals surface area contributed by atoms with Gasteiger partial charge in [-0.15, -0.1) is 0 Å². The molecule has 1 aliphatic heterocycles. The van der Waals surface area contributed by atoms with Crippen molar-refractivity contribution in [1.29, 1.82) is 0 Å². The molecule has 2 aromatic rings. The van der Waals surface area contributed by atoms with Crippen LogP contribution in [0.5, 0.6) is 0 Å². The number of hydrogen-bond donors (Lipinski definition) is 2. The summed E-state index contributed by atoms with van der Waals surface area (Å²) in [5.41, 5.74) is 2.76. The van der Waals surface area contributed by atoms with Crippen molar-refractivity contribution in [2.24, 2.45) is 5.92 Å². The fourth-order valence-corrected chi connectivity index (χ4v) is 3.74. The van der Waals surface area contributed by atoms with Crippen molar-refractivity contribution in [3.8, 4) is 0 Å². The van der Waals surface area contributed by atoms with E-state index in [0.717, 1.165) is 50.0 Å². The zero-order chi connectivity index (χ0) is 19.3. The lowest BCUT2D eigenvalue weighted by Gasteiger charge is -2.35. The van der Waals surface area contributed by atoms with Crippen molar-refractivity contribution in [1.82, 2.24) is 10.6 Å². The van der Waals surface area contributed by atoms with Crippen LogP contribution in [0.25, 0.3) is 0 Å². The lowest BCUT2D eigenvalue weighted by atomic mass is 10.0. The molecule has 28 heavy (non-hydrogen) atoms. The van der Waals surface area contributed by atoms with Gasteiger partial charge in [0, 0.05) is 37.3 Å². The van der Waals surface area contributed by atoms with Gasteiger partial charge in [-0.3, -0.25) is 9.59 Å². The number of rotatable bonds is 6. The maximum absolute atomic E-state index is 12.8. The lowest BCUT2D eigenvalue weighted by Crippen LogP contribution is -2.45. The van der Waals surface area contributed by atoms with Crippen LogP contribution in [0.2, 0.25) is 0 Å². The third-order valence-corrected chi connectivity index (χ3v) is 5.57. The van der Waals surface area contributed by atoms with Gasteiger partial charge in [-0.1, -0.05) is 42.5 Å². The van der Waals surface area contributed by atoms with Gasteiger partial charge in [-0.25, -0.2) is 0 Å². The minimum atomic E-state index is -0.0522. The van der Waals surface area contributed by atoms with Crippen LogP contribution in [0.4, 0.5) is 5.69 Å². The maximum Gasteiger partial charge on any atom is 0.253 e. The predicted octanol–water partition coefficient (Wildman–Crippen LogP) is 3.11. The molecular weight excluding hydrogens is 350 g/mol. The van der Waals surface area contributed by atoms with Crippen molar-refractivity contribution in [3.05, 3.63) is 65.7 Å². The number of amides is 2. The summed E-state index contributed by atoms with van der Waals surface area (Å²) in [6, 6.07) is 18.0. The number of anilines is 1. The number of carbonyl (C=O) groups is 2. The van der Waals surface area contributed by atoms with E-state index < -0.39 is 0 Å². The third kappa shape index (κ3) is 4.53. The average molecular weight is 377 g/mol. The highest BCUT2D eigenvalue weighted by atomic mass is 16.2. The Labute approximate surface area is 166 Å². The van der Waals surface area contributed by atoms with Crippen LogP contribution in [0.1, 0.15) is 41.6 Å². The molecule has 146 valence electrons. The van der Waals surface area contributed by atoms with Gasteiger partial charge in [0.15, 0.2) is 0 Å². The Bertz CT molecular complexity index is 825. The molecule has 1 saturated heterocycles. The summed E-state index contributed by atoms with van der Waals surface area (Å²) in [7, 11) is 0. The first-order chi connectivity index (χ1) is 13.7. The molecule has 2 N–H and O–H groups in total. The van der Waals surface area contributed by atoms with Gasteiger partial charge < -0.3 is 15.5 Å². The molecule has 0 spiro atoms. The van der Waals surface area contributed by atoms with Crippen LogP contribution in [-0.2, 0) is 11.3 Å². The number of hydrogen-bond acceptors (Lipinski definition) is 3. The van der Waals surface area contributed by atoms with Crippen LogP contribution >= 0.6 is 0 Å². The van der Waals surface area contributed by atoms with E-state index in [1.165, 1.54) is 0 Å². The van der Waals surface area contributed by atoms with Gasteiger partial charge >= 0.3 is 0 Å². The Morgan fingerprint density at radius 1 is 0.893 bits per heavy atom. The van der Waals surface area contributed by atoms with Crippen molar-refractivity contribution >= 4 is 17.5 Å². The smallest absolute Gasteiger partial charge is 0.253 e. The van der Waals surface area contributed by atoms with E-state index in [0.29, 0.717) is 12.1 Å². The minimum absolute atomic E-state index is 0.0522. The normalized spacial score (nSPS) is 17.2. The molecule has 1 heterocycles. The van der Waals surface area contributed by atoms with Gasteiger partial charge in [0.1, 0.15) is 0 Å². The molecule has 0 atom stereocenters. The summed E-state index contributed by atoms with van der Waals surface area (Å²) >= 11 is 0. The number of carbonyl (C=O) groups excluding carboxylic acids is 2. The summed E-state index contributed by atoms with van der Waals surface area (Å²) in [5.74, 6) is 0.426. The van der Waals surface area contributed by atoms with Crippen molar-refractivity contribution in [3.63, 3.8) is 0 Å². The highest BCUT2D eigenvalue weighted by Crippen LogP contribution is 2.30. The lowest BCUT2D eigenvalue weighted by molar-refractivity contribution is -0.123. The Balaban J connectivity index is 1.36. The van der Waals surface area contributed by atoms with Crippen molar-refractivity contribution < 1.29 is 9.59 Å². The summed E-state index contributed by atoms with van der Waals surface area (Å²) in [5, 5.41) is 6.21. The molecular formula is C23H27N3O2. The fraction of sp³-hybridized carbons (Fsp3) is 0.391. The van der Waals surface area contributed by atoms with Crippen LogP contribution in [0.15, 0.2) is 54.6 Å². The van der Waals surface area contributed by atoms with E-state index >= 15 is 0 Å². The van der Waals surface area contributed by atoms with Crippen LogP contribution in [-0.4, -0.2) is 30.9 Å². The Kier molecular flexibility index (Phi) is 5.60. The molecule has 2 fully saturated rings. The molecule has 0 unspecified atom stereocenters. The van der Waals surface area contributed by atoms with E-state index in [4.69, 9.17) is 0 Å². The summed E-state index contributed by atoms with van der Waals surface area (Å²) in [4.78, 5) is 27.0. The predicted molar refractivity (Wildman–Crippen MR) is 110 cm³/mol. The second-order valence-corrected chi connectivity index (χ2v) is 7.73. The van der Waals surface area contributed by atoms with E-state index in [1.807, 2.05) is 54.6 Å². The number of para-hydroxylation sites is 1. The van der Waals surface area contributed by atoms with E-state index in [1.54, 1.807) is 0 Å². The quantitative estimate of drug-likeness (QED) is 0.813. The van der Waals surface area contributed by atoms with Crippen LogP contribution in [0.3, 0.4) is 0 Å². The number of nitrogens with one attached hydrogen (secondary N) is 2. The highest BCUT2D eigenvalue weighted by molar-refractivity contribution is 5.99. The SMILES string of the molecule is O=C(NCc1ccccc1)c1ccccc1N1CCC(NC(=O)C2CC2)CC1. The largest absolute Gasteiger partial charge is 0.371 e. The molecule has 0 bridgehead atoms. The van der Waals surface area contributed by atoms with Crippen molar-refractivity contribution in [2.45, 2.75) is 38.3 Å². The fourth-order valence-electron chi connectivity index (χ4n) is 3.74. The number of piperidine rings is 1. The molecule has 1 aliphatic carbocycles. The van der Waals surface area contributed by atoms with Gasteiger partial charge in [-0.05, 0) is 43.4 Å². The maximum atomic E-state index is 12.8. The van der Waals surface area contributed by atoms with Crippen LogP contribution < -0.4 is 15.5 Å². The first kappa shape index (κ1) is 18.5. The molecule has 5 nitrogen and oxygen atoms in total. The third-order valence-electron chi connectivity index (χ3n) is 5.57. The van der Waals surface area contributed by atoms with Crippen molar-refractivity contribution in [2.75, 3.05) is 18.0 Å². The average Bonchev–Trinajstić information content (AvgIpc) is 3.59. The standard InChI is InChI=1S/C23H27N3O2/c27-22(18-10-11-18)25-19-12-14-26(15-13-19)21-9-5-4-8-20(21)23(28)24-16-17-6-2-1-3-7-17/h1-9,18-19H,10-16H2,(H,24,28)(H,25,27). The Hall–Kier alpha value is -2.82. The molecule has 0 aromatic heterocycles. The first-order valence-electron chi connectivity index (χ1n) is 10.2. The summed E-state index contributed by atoms with van der Waals surface area (Å²) < 4.78 is 0. The monoisotopic (exact) mass is 377 g/mol. The zero-order valence-corrected chi connectivity index (χ0v) is 16.1. The second kappa shape index (κ2) is 8.46. The Morgan fingerprint density at radius 3 is 2.29 bits per heavy atom. The minimum Gasteiger partial charge on any atom is -0.371 e.